The van der Waals surface area contributed by atoms with Crippen molar-refractivity contribution in [3.63, 3.8) is 0 Å². The summed E-state index contributed by atoms with van der Waals surface area (Å²) in [4.78, 5) is 21.4. The van der Waals surface area contributed by atoms with E-state index in [0.29, 0.717) is 5.69 Å². The molecule has 0 bridgehead atoms. The Labute approximate surface area is 148 Å². The van der Waals surface area contributed by atoms with Crippen LogP contribution < -0.4 is 0 Å². The van der Waals surface area contributed by atoms with Gasteiger partial charge in [-0.2, -0.15) is 0 Å². The molecule has 1 amide bonds. The van der Waals surface area contributed by atoms with E-state index in [1.165, 1.54) is 11.0 Å². The van der Waals surface area contributed by atoms with Crippen LogP contribution in [0.4, 0.5) is 4.79 Å². The highest BCUT2D eigenvalue weighted by Gasteiger charge is 2.26. The maximum atomic E-state index is 12.7. The van der Waals surface area contributed by atoms with Crippen molar-refractivity contribution in [2.75, 3.05) is 26.7 Å². The van der Waals surface area contributed by atoms with Crippen LogP contribution in [0.2, 0.25) is 0 Å². The fourth-order valence-corrected chi connectivity index (χ4v) is 3.43. The number of aromatic nitrogens is 2. The molecule has 0 atom stereocenters. The average Bonchev–Trinajstić information content (AvgIpc) is 3.11. The highest BCUT2D eigenvalue weighted by Crippen LogP contribution is 2.22. The maximum Gasteiger partial charge on any atom is 0.329 e. The molecule has 134 valence electrons. The number of imidazole rings is 1. The first-order valence-corrected chi connectivity index (χ1v) is 8.91. The smallest absolute Gasteiger partial charge is 0.329 e. The number of carbonyl (C=O) groups is 1. The van der Waals surface area contributed by atoms with Crippen LogP contribution in [0.1, 0.15) is 26.2 Å². The van der Waals surface area contributed by atoms with E-state index in [1.54, 1.807) is 30.7 Å². The number of carbonyl (C=O) groups excluding carboxylic acids is 1. The van der Waals surface area contributed by atoms with Gasteiger partial charge in [0, 0.05) is 37.9 Å². The number of hydrogen-bond acceptors (Lipinski definition) is 4. The van der Waals surface area contributed by atoms with Gasteiger partial charge >= 0.3 is 6.03 Å². The summed E-state index contributed by atoms with van der Waals surface area (Å²) in [6.07, 6.45) is 6.46. The van der Waals surface area contributed by atoms with Crippen LogP contribution in [0.3, 0.4) is 0 Å². The lowest BCUT2D eigenvalue weighted by atomic mass is 10.0. The quantitative estimate of drug-likeness (QED) is 0.928. The molecule has 3 rings (SSSR count). The molecule has 1 saturated heterocycles. The van der Waals surface area contributed by atoms with Gasteiger partial charge in [-0.1, -0.05) is 19.1 Å². The molecule has 6 nitrogen and oxygen atoms in total. The molecule has 0 saturated carbocycles. The Balaban J connectivity index is 1.65. The number of phenolic OH excluding ortho intramolecular Hbond substituents is 1. The SMILES string of the molecule is CCCN1CCC(N(C)C(=O)n2cnc(-c3cccc(O)c3)c2)CC1. The predicted octanol–water partition coefficient (Wildman–Crippen LogP) is 3.03. The third-order valence-corrected chi connectivity index (χ3v) is 4.89. The number of likely N-dealkylation sites (tertiary alicyclic amines) is 1. The van der Waals surface area contributed by atoms with Gasteiger partial charge in [0.2, 0.25) is 0 Å². The fraction of sp³-hybridized carbons (Fsp3) is 0.474. The van der Waals surface area contributed by atoms with Crippen LogP contribution in [-0.4, -0.2) is 63.2 Å². The van der Waals surface area contributed by atoms with Crippen LogP contribution >= 0.6 is 0 Å². The van der Waals surface area contributed by atoms with Crippen molar-refractivity contribution in [3.8, 4) is 17.0 Å². The normalized spacial score (nSPS) is 16.1. The van der Waals surface area contributed by atoms with Crippen molar-refractivity contribution < 1.29 is 9.90 Å². The minimum atomic E-state index is -0.0622. The summed E-state index contributed by atoms with van der Waals surface area (Å²) in [6, 6.07) is 7.10. The molecule has 25 heavy (non-hydrogen) atoms. The van der Waals surface area contributed by atoms with Crippen molar-refractivity contribution in [2.24, 2.45) is 0 Å². The Bertz CT molecular complexity index is 720. The number of rotatable bonds is 4. The van der Waals surface area contributed by atoms with E-state index < -0.39 is 0 Å². The van der Waals surface area contributed by atoms with Crippen LogP contribution in [0.15, 0.2) is 36.8 Å². The zero-order valence-corrected chi connectivity index (χ0v) is 14.9. The molecule has 1 aromatic carbocycles. The molecule has 6 heteroatoms. The zero-order valence-electron chi connectivity index (χ0n) is 14.9. The molecule has 2 aromatic rings. The largest absolute Gasteiger partial charge is 0.508 e. The van der Waals surface area contributed by atoms with Gasteiger partial charge in [-0.15, -0.1) is 0 Å². The van der Waals surface area contributed by atoms with E-state index in [0.717, 1.165) is 38.0 Å². The van der Waals surface area contributed by atoms with E-state index in [4.69, 9.17) is 0 Å². The Morgan fingerprint density at radius 3 is 2.80 bits per heavy atom. The second-order valence-electron chi connectivity index (χ2n) is 6.68. The third kappa shape index (κ3) is 4.02. The first-order chi connectivity index (χ1) is 12.1. The van der Waals surface area contributed by atoms with Crippen molar-refractivity contribution in [1.29, 1.82) is 0 Å². The predicted molar refractivity (Wildman–Crippen MR) is 97.6 cm³/mol. The molecular weight excluding hydrogens is 316 g/mol. The summed E-state index contributed by atoms with van der Waals surface area (Å²) < 4.78 is 1.53. The van der Waals surface area contributed by atoms with Gasteiger partial charge < -0.3 is 14.9 Å². The van der Waals surface area contributed by atoms with E-state index >= 15 is 0 Å². The molecule has 0 unspecified atom stereocenters. The maximum absolute atomic E-state index is 12.7. The standard InChI is InChI=1S/C19H26N4O2/c1-3-9-22-10-7-16(8-11-22)21(2)19(25)23-13-18(20-14-23)15-5-4-6-17(24)12-15/h4-6,12-14,16,24H,3,7-11H2,1-2H3. The fourth-order valence-electron chi connectivity index (χ4n) is 3.43. The summed E-state index contributed by atoms with van der Waals surface area (Å²) >= 11 is 0. The molecule has 2 heterocycles. The minimum Gasteiger partial charge on any atom is -0.508 e. The monoisotopic (exact) mass is 342 g/mol. The van der Waals surface area contributed by atoms with E-state index in [2.05, 4.69) is 16.8 Å². The molecule has 0 radical (unpaired) electrons. The van der Waals surface area contributed by atoms with Crippen molar-refractivity contribution in [2.45, 2.75) is 32.2 Å². The van der Waals surface area contributed by atoms with Crippen LogP contribution in [0.25, 0.3) is 11.3 Å². The number of hydrogen-bond donors (Lipinski definition) is 1. The molecule has 1 aliphatic rings. The molecule has 1 aliphatic heterocycles. The highest BCUT2D eigenvalue weighted by atomic mass is 16.3. The molecular formula is C19H26N4O2. The Kier molecular flexibility index (Phi) is 5.38. The van der Waals surface area contributed by atoms with Crippen LogP contribution in [-0.2, 0) is 0 Å². The summed E-state index contributed by atoms with van der Waals surface area (Å²) in [6.45, 7) is 5.44. The van der Waals surface area contributed by atoms with Crippen molar-refractivity contribution in [1.82, 2.24) is 19.4 Å². The lowest BCUT2D eigenvalue weighted by Gasteiger charge is -2.36. The number of aromatic hydroxyl groups is 1. The molecule has 0 spiro atoms. The summed E-state index contributed by atoms with van der Waals surface area (Å²) in [5, 5.41) is 9.59. The number of benzene rings is 1. The van der Waals surface area contributed by atoms with E-state index in [-0.39, 0.29) is 17.8 Å². The van der Waals surface area contributed by atoms with Crippen LogP contribution in [0.5, 0.6) is 5.75 Å². The third-order valence-electron chi connectivity index (χ3n) is 4.89. The van der Waals surface area contributed by atoms with E-state index in [1.807, 2.05) is 18.0 Å². The van der Waals surface area contributed by atoms with Gasteiger partial charge in [-0.3, -0.25) is 4.57 Å². The average molecular weight is 342 g/mol. The van der Waals surface area contributed by atoms with Gasteiger partial charge in [0.05, 0.1) is 5.69 Å². The zero-order chi connectivity index (χ0) is 17.8. The van der Waals surface area contributed by atoms with Gasteiger partial charge in [0.15, 0.2) is 0 Å². The Morgan fingerprint density at radius 1 is 1.36 bits per heavy atom. The number of amides is 1. The lowest BCUT2D eigenvalue weighted by molar-refractivity contribution is 0.135. The molecule has 1 aromatic heterocycles. The number of nitrogens with zero attached hydrogens (tertiary/aromatic N) is 4. The lowest BCUT2D eigenvalue weighted by Crippen LogP contribution is -2.46. The summed E-state index contributed by atoms with van der Waals surface area (Å²) in [7, 11) is 1.87. The first kappa shape index (κ1) is 17.5. The van der Waals surface area contributed by atoms with Gasteiger partial charge in [-0.05, 0) is 37.9 Å². The van der Waals surface area contributed by atoms with Gasteiger partial charge in [-0.25, -0.2) is 9.78 Å². The van der Waals surface area contributed by atoms with E-state index in [9.17, 15) is 9.90 Å². The Hall–Kier alpha value is -2.34. The van der Waals surface area contributed by atoms with Gasteiger partial charge in [0.25, 0.3) is 0 Å². The highest BCUT2D eigenvalue weighted by molar-refractivity contribution is 5.78. The van der Waals surface area contributed by atoms with Crippen LogP contribution in [0, 0.1) is 0 Å². The topological polar surface area (TPSA) is 61.6 Å². The second-order valence-corrected chi connectivity index (χ2v) is 6.68. The summed E-state index contributed by atoms with van der Waals surface area (Å²) in [5.41, 5.74) is 1.47. The van der Waals surface area contributed by atoms with Crippen molar-refractivity contribution in [3.05, 3.63) is 36.8 Å². The first-order valence-electron chi connectivity index (χ1n) is 8.91. The minimum absolute atomic E-state index is 0.0622. The second kappa shape index (κ2) is 7.70. The van der Waals surface area contributed by atoms with Gasteiger partial charge in [0.1, 0.15) is 12.1 Å². The number of phenols is 1. The van der Waals surface area contributed by atoms with Crippen molar-refractivity contribution >= 4 is 6.03 Å². The number of piperidine rings is 1. The molecule has 0 aliphatic carbocycles. The Morgan fingerprint density at radius 2 is 2.12 bits per heavy atom. The molecule has 1 N–H and O–H groups in total. The summed E-state index contributed by atoms with van der Waals surface area (Å²) in [5.74, 6) is 0.189. The molecule has 1 fully saturated rings.